The standard InChI is InChI=1S/C13H14F2N4O2S/c1-3-10-17-18-13(22)19(10)16-7-8-5-4-6-9(20-2)11(8)21-12(14)15/h4-7,12H,3H2,1-2H3,(H,18,22)/b16-7-. The number of aromatic nitrogens is 3. The fourth-order valence-corrected chi connectivity index (χ4v) is 2.00. The third-order valence-electron chi connectivity index (χ3n) is 2.78. The van der Waals surface area contributed by atoms with Crippen molar-refractivity contribution in [2.45, 2.75) is 20.0 Å². The number of methoxy groups -OCH3 is 1. The van der Waals surface area contributed by atoms with E-state index < -0.39 is 6.61 Å². The highest BCUT2D eigenvalue weighted by molar-refractivity contribution is 7.71. The van der Waals surface area contributed by atoms with Crippen LogP contribution in [0.4, 0.5) is 8.78 Å². The molecule has 0 amide bonds. The van der Waals surface area contributed by atoms with Crippen LogP contribution in [0.3, 0.4) is 0 Å². The number of H-pyrrole nitrogens is 1. The van der Waals surface area contributed by atoms with E-state index in [-0.39, 0.29) is 11.5 Å². The van der Waals surface area contributed by atoms with E-state index in [1.54, 1.807) is 12.1 Å². The van der Waals surface area contributed by atoms with Crippen LogP contribution >= 0.6 is 12.2 Å². The Kier molecular flexibility index (Phi) is 5.21. The number of para-hydroxylation sites is 1. The Balaban J connectivity index is 2.42. The number of halogens is 2. The number of benzene rings is 1. The van der Waals surface area contributed by atoms with Crippen molar-refractivity contribution in [2.75, 3.05) is 7.11 Å². The molecular formula is C13H14F2N4O2S. The molecular weight excluding hydrogens is 314 g/mol. The fraction of sp³-hybridized carbons (Fsp3) is 0.308. The van der Waals surface area contributed by atoms with Gasteiger partial charge in [0.2, 0.25) is 4.77 Å². The number of rotatable bonds is 6. The molecule has 118 valence electrons. The molecule has 1 aromatic carbocycles. The van der Waals surface area contributed by atoms with Gasteiger partial charge < -0.3 is 9.47 Å². The van der Waals surface area contributed by atoms with Crippen LogP contribution in [0.5, 0.6) is 11.5 Å². The molecule has 0 aliphatic carbocycles. The number of alkyl halides is 2. The van der Waals surface area contributed by atoms with Gasteiger partial charge in [-0.25, -0.2) is 0 Å². The van der Waals surface area contributed by atoms with Crippen molar-refractivity contribution >= 4 is 18.4 Å². The van der Waals surface area contributed by atoms with E-state index in [4.69, 9.17) is 17.0 Å². The Bertz CT molecular complexity index is 727. The molecule has 9 heteroatoms. The van der Waals surface area contributed by atoms with E-state index in [9.17, 15) is 8.78 Å². The van der Waals surface area contributed by atoms with Gasteiger partial charge in [-0.15, -0.1) is 0 Å². The van der Waals surface area contributed by atoms with Crippen molar-refractivity contribution in [3.05, 3.63) is 34.4 Å². The summed E-state index contributed by atoms with van der Waals surface area (Å²) in [5.41, 5.74) is 0.338. The lowest BCUT2D eigenvalue weighted by Gasteiger charge is -2.11. The van der Waals surface area contributed by atoms with Gasteiger partial charge in [0.05, 0.1) is 13.3 Å². The monoisotopic (exact) mass is 328 g/mol. The van der Waals surface area contributed by atoms with Gasteiger partial charge in [0.25, 0.3) is 0 Å². The zero-order chi connectivity index (χ0) is 16.1. The first-order chi connectivity index (χ1) is 10.6. The normalized spacial score (nSPS) is 11.3. The average Bonchev–Trinajstić information content (AvgIpc) is 2.85. The van der Waals surface area contributed by atoms with Crippen molar-refractivity contribution in [3.63, 3.8) is 0 Å². The minimum absolute atomic E-state index is 0.0863. The van der Waals surface area contributed by atoms with Gasteiger partial charge in [0, 0.05) is 12.0 Å². The van der Waals surface area contributed by atoms with Gasteiger partial charge in [0.1, 0.15) is 0 Å². The number of aryl methyl sites for hydroxylation is 1. The quantitative estimate of drug-likeness (QED) is 0.654. The summed E-state index contributed by atoms with van der Waals surface area (Å²) < 4.78 is 36.4. The first kappa shape index (κ1) is 16.1. The Hall–Kier alpha value is -2.29. The van der Waals surface area contributed by atoms with Crippen LogP contribution in [-0.2, 0) is 6.42 Å². The van der Waals surface area contributed by atoms with Crippen LogP contribution in [0.25, 0.3) is 0 Å². The second kappa shape index (κ2) is 7.12. The van der Waals surface area contributed by atoms with E-state index in [0.29, 0.717) is 22.6 Å². The zero-order valence-corrected chi connectivity index (χ0v) is 12.7. The molecule has 0 saturated carbocycles. The predicted octanol–water partition coefficient (Wildman–Crippen LogP) is 3.00. The molecule has 0 fully saturated rings. The van der Waals surface area contributed by atoms with Crippen LogP contribution < -0.4 is 9.47 Å². The summed E-state index contributed by atoms with van der Waals surface area (Å²) in [5, 5.41) is 10.8. The fourth-order valence-electron chi connectivity index (χ4n) is 1.80. The molecule has 0 aliphatic rings. The highest BCUT2D eigenvalue weighted by Crippen LogP contribution is 2.31. The molecule has 2 aromatic rings. The number of nitrogens with zero attached hydrogens (tertiary/aromatic N) is 3. The Labute approximate surface area is 130 Å². The van der Waals surface area contributed by atoms with Crippen molar-refractivity contribution in [1.82, 2.24) is 14.9 Å². The Morgan fingerprint density at radius 1 is 1.50 bits per heavy atom. The van der Waals surface area contributed by atoms with Crippen LogP contribution in [0, 0.1) is 4.77 Å². The minimum Gasteiger partial charge on any atom is -0.493 e. The number of nitrogens with one attached hydrogen (secondary N) is 1. The second-order valence-electron chi connectivity index (χ2n) is 4.11. The Morgan fingerprint density at radius 2 is 2.27 bits per heavy atom. The van der Waals surface area contributed by atoms with E-state index in [2.05, 4.69) is 20.0 Å². The molecule has 0 aliphatic heterocycles. The van der Waals surface area contributed by atoms with Gasteiger partial charge in [-0.05, 0) is 24.4 Å². The molecule has 1 heterocycles. The molecule has 2 rings (SSSR count). The van der Waals surface area contributed by atoms with E-state index >= 15 is 0 Å². The average molecular weight is 328 g/mol. The van der Waals surface area contributed by atoms with E-state index in [1.807, 2.05) is 6.92 Å². The number of aromatic amines is 1. The second-order valence-corrected chi connectivity index (χ2v) is 4.50. The maximum absolute atomic E-state index is 12.6. The zero-order valence-electron chi connectivity index (χ0n) is 11.9. The molecule has 0 saturated heterocycles. The molecule has 0 unspecified atom stereocenters. The number of hydrogen-bond donors (Lipinski definition) is 1. The lowest BCUT2D eigenvalue weighted by Crippen LogP contribution is -2.06. The van der Waals surface area contributed by atoms with Crippen LogP contribution in [0.2, 0.25) is 0 Å². The lowest BCUT2D eigenvalue weighted by atomic mass is 10.2. The van der Waals surface area contributed by atoms with Crippen molar-refractivity contribution in [2.24, 2.45) is 5.10 Å². The van der Waals surface area contributed by atoms with E-state index in [0.717, 1.165) is 0 Å². The summed E-state index contributed by atoms with van der Waals surface area (Å²) in [6.07, 6.45) is 1.98. The maximum Gasteiger partial charge on any atom is 0.387 e. The molecule has 0 atom stereocenters. The summed E-state index contributed by atoms with van der Waals surface area (Å²) >= 11 is 5.06. The third kappa shape index (κ3) is 3.48. The maximum atomic E-state index is 12.6. The summed E-state index contributed by atoms with van der Waals surface area (Å²) in [5.74, 6) is 0.730. The number of hydrogen-bond acceptors (Lipinski definition) is 5. The molecule has 1 N–H and O–H groups in total. The van der Waals surface area contributed by atoms with Gasteiger partial charge in [0.15, 0.2) is 17.3 Å². The summed E-state index contributed by atoms with van der Waals surface area (Å²) in [7, 11) is 1.37. The smallest absolute Gasteiger partial charge is 0.387 e. The summed E-state index contributed by atoms with van der Waals surface area (Å²) in [4.78, 5) is 0. The van der Waals surface area contributed by atoms with Crippen LogP contribution in [0.15, 0.2) is 23.3 Å². The third-order valence-corrected chi connectivity index (χ3v) is 3.05. The number of ether oxygens (including phenoxy) is 2. The highest BCUT2D eigenvalue weighted by atomic mass is 32.1. The first-order valence-electron chi connectivity index (χ1n) is 6.39. The summed E-state index contributed by atoms with van der Waals surface area (Å²) in [6.45, 7) is -1.07. The van der Waals surface area contributed by atoms with Crippen molar-refractivity contribution in [1.29, 1.82) is 0 Å². The molecule has 1 aromatic heterocycles. The molecule has 6 nitrogen and oxygen atoms in total. The van der Waals surface area contributed by atoms with Crippen molar-refractivity contribution in [3.8, 4) is 11.5 Å². The van der Waals surface area contributed by atoms with E-state index in [1.165, 1.54) is 24.1 Å². The predicted molar refractivity (Wildman–Crippen MR) is 79.4 cm³/mol. The van der Waals surface area contributed by atoms with Crippen molar-refractivity contribution < 1.29 is 18.3 Å². The van der Waals surface area contributed by atoms with Crippen LogP contribution in [0.1, 0.15) is 18.3 Å². The Morgan fingerprint density at radius 3 is 2.91 bits per heavy atom. The summed E-state index contributed by atoms with van der Waals surface area (Å²) in [6, 6.07) is 4.75. The first-order valence-corrected chi connectivity index (χ1v) is 6.80. The largest absolute Gasteiger partial charge is 0.493 e. The lowest BCUT2D eigenvalue weighted by molar-refractivity contribution is -0.0513. The van der Waals surface area contributed by atoms with Gasteiger partial charge in [-0.3, -0.25) is 5.10 Å². The molecule has 0 radical (unpaired) electrons. The van der Waals surface area contributed by atoms with Crippen LogP contribution in [-0.4, -0.2) is 34.8 Å². The minimum atomic E-state index is -2.97. The van der Waals surface area contributed by atoms with Gasteiger partial charge >= 0.3 is 6.61 Å². The van der Waals surface area contributed by atoms with Gasteiger partial charge in [-0.2, -0.15) is 23.7 Å². The van der Waals surface area contributed by atoms with Gasteiger partial charge in [-0.1, -0.05) is 13.0 Å². The molecule has 22 heavy (non-hydrogen) atoms. The SMILES string of the molecule is CCc1n[nH]c(=S)n1/N=C\c1cccc(OC)c1OC(F)F. The highest BCUT2D eigenvalue weighted by Gasteiger charge is 2.14. The topological polar surface area (TPSA) is 64.4 Å². The molecule has 0 spiro atoms. The molecule has 0 bridgehead atoms.